The Labute approximate surface area is 138 Å². The molecule has 0 atom stereocenters. The third kappa shape index (κ3) is 4.18. The predicted octanol–water partition coefficient (Wildman–Crippen LogP) is 3.43. The zero-order chi connectivity index (χ0) is 16.1. The number of nitrogens with one attached hydrogen (secondary N) is 2. The van der Waals surface area contributed by atoms with Gasteiger partial charge < -0.3 is 10.6 Å². The van der Waals surface area contributed by atoms with Crippen LogP contribution in [0.15, 0.2) is 46.9 Å². The lowest BCUT2D eigenvalue weighted by atomic mass is 10.0. The molecule has 2 N–H and O–H groups in total. The number of hydrogen-bond acceptors (Lipinski definition) is 2. The maximum atomic E-state index is 12.1. The summed E-state index contributed by atoms with van der Waals surface area (Å²) in [7, 11) is 0. The van der Waals surface area contributed by atoms with E-state index in [1.54, 1.807) is 18.2 Å². The first-order chi connectivity index (χ1) is 10.5. The van der Waals surface area contributed by atoms with Crippen LogP contribution in [-0.2, 0) is 4.79 Å². The Bertz CT molecular complexity index is 696. The predicted molar refractivity (Wildman–Crippen MR) is 91.0 cm³/mol. The lowest BCUT2D eigenvalue weighted by molar-refractivity contribution is -0.115. The Morgan fingerprint density at radius 1 is 1.05 bits per heavy atom. The van der Waals surface area contributed by atoms with Gasteiger partial charge in [0.1, 0.15) is 0 Å². The van der Waals surface area contributed by atoms with E-state index in [1.165, 1.54) is 0 Å². The molecule has 0 fully saturated rings. The molecular formula is C17H17BrN2O2. The molecule has 2 amide bonds. The zero-order valence-corrected chi connectivity index (χ0v) is 14.0. The number of amides is 2. The van der Waals surface area contributed by atoms with Crippen LogP contribution in [0.1, 0.15) is 21.5 Å². The molecule has 0 spiro atoms. The molecule has 0 heterocycles. The van der Waals surface area contributed by atoms with Gasteiger partial charge in [-0.1, -0.05) is 28.1 Å². The second kappa shape index (κ2) is 7.22. The van der Waals surface area contributed by atoms with E-state index in [9.17, 15) is 9.59 Å². The Balaban J connectivity index is 1.92. The highest BCUT2D eigenvalue weighted by molar-refractivity contribution is 9.10. The molecule has 0 aliphatic heterocycles. The molecule has 0 aliphatic carbocycles. The van der Waals surface area contributed by atoms with Crippen molar-refractivity contribution in [2.45, 2.75) is 13.8 Å². The lowest BCUT2D eigenvalue weighted by Crippen LogP contribution is -2.33. The summed E-state index contributed by atoms with van der Waals surface area (Å²) in [5, 5.41) is 5.37. The number of rotatable bonds is 4. The molecule has 114 valence electrons. The molecule has 0 aliphatic rings. The van der Waals surface area contributed by atoms with Crippen molar-refractivity contribution in [2.75, 3.05) is 11.9 Å². The lowest BCUT2D eigenvalue weighted by Gasteiger charge is -2.10. The van der Waals surface area contributed by atoms with E-state index < -0.39 is 0 Å². The fraction of sp³-hybridized carbons (Fsp3) is 0.176. The van der Waals surface area contributed by atoms with Crippen LogP contribution in [0.3, 0.4) is 0 Å². The van der Waals surface area contributed by atoms with Crippen molar-refractivity contribution in [3.05, 3.63) is 63.6 Å². The normalized spacial score (nSPS) is 10.1. The maximum absolute atomic E-state index is 12.1. The number of carbonyl (C=O) groups is 2. The van der Waals surface area contributed by atoms with Gasteiger partial charge in [-0.05, 0) is 55.3 Å². The van der Waals surface area contributed by atoms with Crippen molar-refractivity contribution in [2.24, 2.45) is 0 Å². The van der Waals surface area contributed by atoms with Gasteiger partial charge in [0.25, 0.3) is 5.91 Å². The van der Waals surface area contributed by atoms with E-state index in [0.29, 0.717) is 11.3 Å². The summed E-state index contributed by atoms with van der Waals surface area (Å²) in [4.78, 5) is 24.0. The van der Waals surface area contributed by atoms with Gasteiger partial charge in [0, 0.05) is 15.7 Å². The number of hydrogen-bond donors (Lipinski definition) is 2. The minimum Gasteiger partial charge on any atom is -0.343 e. The van der Waals surface area contributed by atoms with Crippen molar-refractivity contribution >= 4 is 33.4 Å². The van der Waals surface area contributed by atoms with Gasteiger partial charge in [-0.3, -0.25) is 9.59 Å². The quantitative estimate of drug-likeness (QED) is 0.877. The summed E-state index contributed by atoms with van der Waals surface area (Å²) < 4.78 is 0.939. The number of carbonyl (C=O) groups excluding carboxylic acids is 2. The molecular weight excluding hydrogens is 344 g/mol. The largest absolute Gasteiger partial charge is 0.343 e. The van der Waals surface area contributed by atoms with Crippen LogP contribution in [0.2, 0.25) is 0 Å². The first kappa shape index (κ1) is 16.2. The fourth-order valence-corrected chi connectivity index (χ4v) is 2.26. The Morgan fingerprint density at radius 3 is 2.41 bits per heavy atom. The first-order valence-electron chi connectivity index (χ1n) is 6.87. The highest BCUT2D eigenvalue weighted by Gasteiger charge is 2.11. The van der Waals surface area contributed by atoms with Crippen molar-refractivity contribution in [3.63, 3.8) is 0 Å². The van der Waals surface area contributed by atoms with Crippen LogP contribution < -0.4 is 10.6 Å². The highest BCUT2D eigenvalue weighted by atomic mass is 79.9. The molecule has 22 heavy (non-hydrogen) atoms. The molecule has 0 saturated carbocycles. The molecule has 4 nitrogen and oxygen atoms in total. The van der Waals surface area contributed by atoms with Gasteiger partial charge in [-0.15, -0.1) is 0 Å². The van der Waals surface area contributed by atoms with E-state index in [1.807, 2.05) is 38.1 Å². The molecule has 2 rings (SSSR count). The minimum atomic E-state index is -0.263. The van der Waals surface area contributed by atoms with Gasteiger partial charge in [0.15, 0.2) is 0 Å². The number of halogens is 1. The van der Waals surface area contributed by atoms with Crippen LogP contribution >= 0.6 is 15.9 Å². The first-order valence-corrected chi connectivity index (χ1v) is 7.66. The smallest absolute Gasteiger partial charge is 0.251 e. The van der Waals surface area contributed by atoms with E-state index in [-0.39, 0.29) is 18.4 Å². The average molecular weight is 361 g/mol. The van der Waals surface area contributed by atoms with Gasteiger partial charge in [0.05, 0.1) is 6.54 Å². The second-order valence-electron chi connectivity index (χ2n) is 4.99. The molecule has 0 radical (unpaired) electrons. The van der Waals surface area contributed by atoms with Crippen LogP contribution in [-0.4, -0.2) is 18.4 Å². The SMILES string of the molecule is Cc1cccc(C(=O)NCC(=O)Nc2ccc(Br)cc2)c1C. The Kier molecular flexibility index (Phi) is 5.33. The van der Waals surface area contributed by atoms with Gasteiger partial charge >= 0.3 is 0 Å². The van der Waals surface area contributed by atoms with E-state index in [4.69, 9.17) is 0 Å². The van der Waals surface area contributed by atoms with E-state index in [2.05, 4.69) is 26.6 Å². The van der Waals surface area contributed by atoms with Crippen molar-refractivity contribution in [1.82, 2.24) is 5.32 Å². The summed E-state index contributed by atoms with van der Waals surface area (Å²) in [6, 6.07) is 12.8. The third-order valence-electron chi connectivity index (χ3n) is 3.39. The summed E-state index contributed by atoms with van der Waals surface area (Å²) in [5.41, 5.74) is 3.26. The molecule has 0 unspecified atom stereocenters. The number of aryl methyl sites for hydroxylation is 1. The van der Waals surface area contributed by atoms with E-state index >= 15 is 0 Å². The topological polar surface area (TPSA) is 58.2 Å². The summed E-state index contributed by atoms with van der Waals surface area (Å²) in [6.07, 6.45) is 0. The van der Waals surface area contributed by atoms with Crippen LogP contribution in [0, 0.1) is 13.8 Å². The third-order valence-corrected chi connectivity index (χ3v) is 3.92. The number of anilines is 1. The maximum Gasteiger partial charge on any atom is 0.251 e. The molecule has 0 bridgehead atoms. The number of benzene rings is 2. The monoisotopic (exact) mass is 360 g/mol. The Morgan fingerprint density at radius 2 is 1.73 bits per heavy atom. The fourth-order valence-electron chi connectivity index (χ4n) is 1.99. The van der Waals surface area contributed by atoms with E-state index in [0.717, 1.165) is 15.6 Å². The molecule has 2 aromatic carbocycles. The second-order valence-corrected chi connectivity index (χ2v) is 5.90. The minimum absolute atomic E-state index is 0.0672. The van der Waals surface area contributed by atoms with Gasteiger partial charge in [-0.2, -0.15) is 0 Å². The standard InChI is InChI=1S/C17H17BrN2O2/c1-11-4-3-5-15(12(11)2)17(22)19-10-16(21)20-14-8-6-13(18)7-9-14/h3-9H,10H2,1-2H3,(H,19,22)(H,20,21). The van der Waals surface area contributed by atoms with Crippen LogP contribution in [0.4, 0.5) is 5.69 Å². The van der Waals surface area contributed by atoms with Crippen LogP contribution in [0.5, 0.6) is 0 Å². The molecule has 0 aromatic heterocycles. The summed E-state index contributed by atoms with van der Waals surface area (Å²) in [5.74, 6) is -0.506. The van der Waals surface area contributed by atoms with Crippen molar-refractivity contribution in [1.29, 1.82) is 0 Å². The molecule has 0 saturated heterocycles. The Hall–Kier alpha value is -2.14. The zero-order valence-electron chi connectivity index (χ0n) is 12.4. The summed E-state index contributed by atoms with van der Waals surface area (Å²) >= 11 is 3.33. The van der Waals surface area contributed by atoms with Crippen molar-refractivity contribution < 1.29 is 9.59 Å². The van der Waals surface area contributed by atoms with Gasteiger partial charge in [-0.25, -0.2) is 0 Å². The highest BCUT2D eigenvalue weighted by Crippen LogP contribution is 2.14. The average Bonchev–Trinajstić information content (AvgIpc) is 2.50. The molecule has 5 heteroatoms. The summed E-state index contributed by atoms with van der Waals surface area (Å²) in [6.45, 7) is 3.78. The van der Waals surface area contributed by atoms with Gasteiger partial charge in [0.2, 0.25) is 5.91 Å². The molecule has 2 aromatic rings. The van der Waals surface area contributed by atoms with Crippen LogP contribution in [0.25, 0.3) is 0 Å². The van der Waals surface area contributed by atoms with Crippen molar-refractivity contribution in [3.8, 4) is 0 Å².